The van der Waals surface area contributed by atoms with E-state index < -0.39 is 6.03 Å². The normalized spacial score (nSPS) is 10.1. The Morgan fingerprint density at radius 2 is 1.68 bits per heavy atom. The molecule has 0 fully saturated rings. The molecule has 2 amide bonds. The summed E-state index contributed by atoms with van der Waals surface area (Å²) in [7, 11) is 0. The Bertz CT molecular complexity index is 617. The molecule has 2 aromatic carbocycles. The molecule has 2 aromatic rings. The molecule has 0 heterocycles. The summed E-state index contributed by atoms with van der Waals surface area (Å²) in [6.07, 6.45) is 0. The summed E-state index contributed by atoms with van der Waals surface area (Å²) in [5.41, 5.74) is 1.02. The van der Waals surface area contributed by atoms with E-state index in [0.29, 0.717) is 26.4 Å². The average molecular weight is 316 g/mol. The molecule has 0 spiro atoms. The van der Waals surface area contributed by atoms with Crippen LogP contribution < -0.4 is 10.6 Å². The molecule has 0 aliphatic carbocycles. The monoisotopic (exact) mass is 314 g/mol. The topological polar surface area (TPSA) is 41.1 Å². The van der Waals surface area contributed by atoms with Crippen LogP contribution in [0.15, 0.2) is 42.5 Å². The molecule has 0 radical (unpaired) electrons. The fourth-order valence-corrected chi connectivity index (χ4v) is 1.99. The van der Waals surface area contributed by atoms with Crippen molar-refractivity contribution in [2.24, 2.45) is 0 Å². The van der Waals surface area contributed by atoms with Crippen molar-refractivity contribution in [3.63, 3.8) is 0 Å². The van der Waals surface area contributed by atoms with Crippen LogP contribution in [-0.2, 0) is 0 Å². The van der Waals surface area contributed by atoms with E-state index in [-0.39, 0.29) is 0 Å². The second kappa shape index (κ2) is 6.15. The molecular weight excluding hydrogens is 307 g/mol. The number of hydrogen-bond donors (Lipinski definition) is 2. The van der Waals surface area contributed by atoms with E-state index in [0.717, 1.165) is 0 Å². The van der Waals surface area contributed by atoms with Gasteiger partial charge in [-0.1, -0.05) is 46.9 Å². The van der Waals surface area contributed by atoms with Crippen LogP contribution in [0.2, 0.25) is 15.1 Å². The quantitative estimate of drug-likeness (QED) is 0.776. The van der Waals surface area contributed by atoms with E-state index in [2.05, 4.69) is 10.6 Å². The van der Waals surface area contributed by atoms with E-state index in [1.165, 1.54) is 0 Å². The van der Waals surface area contributed by atoms with Gasteiger partial charge in [0, 0.05) is 10.7 Å². The number of rotatable bonds is 2. The maximum atomic E-state index is 11.8. The van der Waals surface area contributed by atoms with E-state index in [4.69, 9.17) is 34.8 Å². The van der Waals surface area contributed by atoms with Crippen molar-refractivity contribution >= 4 is 52.2 Å². The summed E-state index contributed by atoms with van der Waals surface area (Å²) >= 11 is 17.7. The largest absolute Gasteiger partial charge is 0.323 e. The van der Waals surface area contributed by atoms with Crippen molar-refractivity contribution in [3.05, 3.63) is 57.5 Å². The lowest BCUT2D eigenvalue weighted by Gasteiger charge is -2.09. The van der Waals surface area contributed by atoms with Gasteiger partial charge in [-0.3, -0.25) is 0 Å². The Kier molecular flexibility index (Phi) is 4.53. The van der Waals surface area contributed by atoms with Gasteiger partial charge >= 0.3 is 6.03 Å². The zero-order valence-electron chi connectivity index (χ0n) is 9.58. The average Bonchev–Trinajstić information content (AvgIpc) is 2.35. The minimum Gasteiger partial charge on any atom is -0.308 e. The van der Waals surface area contributed by atoms with Crippen LogP contribution in [0.25, 0.3) is 0 Å². The maximum absolute atomic E-state index is 11.8. The highest BCUT2D eigenvalue weighted by atomic mass is 35.5. The van der Waals surface area contributed by atoms with Crippen molar-refractivity contribution in [3.8, 4) is 0 Å². The first-order valence-corrected chi connectivity index (χ1v) is 6.47. The van der Waals surface area contributed by atoms with Gasteiger partial charge in [0.1, 0.15) is 0 Å². The number of hydrogen-bond acceptors (Lipinski definition) is 1. The third-order valence-electron chi connectivity index (χ3n) is 2.28. The lowest BCUT2D eigenvalue weighted by Crippen LogP contribution is -2.19. The number of nitrogens with one attached hydrogen (secondary N) is 2. The highest BCUT2D eigenvalue weighted by molar-refractivity contribution is 6.44. The number of benzene rings is 2. The molecule has 2 N–H and O–H groups in total. The molecule has 0 aromatic heterocycles. The SMILES string of the molecule is O=C(Nc1cccc(Cl)c1)Nc1cccc(Cl)c1Cl. The van der Waals surface area contributed by atoms with Crippen LogP contribution in [0.3, 0.4) is 0 Å². The first-order chi connectivity index (χ1) is 9.06. The van der Waals surface area contributed by atoms with Gasteiger partial charge in [0.15, 0.2) is 0 Å². The van der Waals surface area contributed by atoms with Crippen LogP contribution >= 0.6 is 34.8 Å². The Morgan fingerprint density at radius 1 is 0.947 bits per heavy atom. The highest BCUT2D eigenvalue weighted by Crippen LogP contribution is 2.29. The second-order valence-corrected chi connectivity index (χ2v) is 4.91. The van der Waals surface area contributed by atoms with E-state index in [1.807, 2.05) is 0 Å². The molecule has 0 bridgehead atoms. The summed E-state index contributed by atoms with van der Waals surface area (Å²) in [5, 5.41) is 6.47. The maximum Gasteiger partial charge on any atom is 0.323 e. The van der Waals surface area contributed by atoms with Crippen LogP contribution in [0.5, 0.6) is 0 Å². The van der Waals surface area contributed by atoms with Crippen molar-refractivity contribution < 1.29 is 4.79 Å². The van der Waals surface area contributed by atoms with Gasteiger partial charge in [0.05, 0.1) is 15.7 Å². The zero-order chi connectivity index (χ0) is 13.8. The third-order valence-corrected chi connectivity index (χ3v) is 3.34. The molecular formula is C13H9Cl3N2O. The van der Waals surface area contributed by atoms with Gasteiger partial charge in [-0.15, -0.1) is 0 Å². The van der Waals surface area contributed by atoms with Gasteiger partial charge in [-0.25, -0.2) is 4.79 Å². The van der Waals surface area contributed by atoms with E-state index in [9.17, 15) is 4.79 Å². The molecule has 98 valence electrons. The van der Waals surface area contributed by atoms with Crippen molar-refractivity contribution in [2.75, 3.05) is 10.6 Å². The lowest BCUT2D eigenvalue weighted by atomic mass is 10.3. The Balaban J connectivity index is 2.08. The van der Waals surface area contributed by atoms with Gasteiger partial charge < -0.3 is 10.6 Å². The molecule has 3 nitrogen and oxygen atoms in total. The third kappa shape index (κ3) is 3.77. The van der Waals surface area contributed by atoms with Gasteiger partial charge in [0.25, 0.3) is 0 Å². The van der Waals surface area contributed by atoms with Crippen molar-refractivity contribution in [2.45, 2.75) is 0 Å². The molecule has 0 atom stereocenters. The van der Waals surface area contributed by atoms with E-state index in [1.54, 1.807) is 42.5 Å². The van der Waals surface area contributed by atoms with Gasteiger partial charge in [-0.05, 0) is 30.3 Å². The number of carbonyl (C=O) groups is 1. The number of urea groups is 1. The molecule has 0 saturated heterocycles. The van der Waals surface area contributed by atoms with Gasteiger partial charge in [-0.2, -0.15) is 0 Å². The molecule has 0 aliphatic rings. The fourth-order valence-electron chi connectivity index (χ4n) is 1.45. The molecule has 0 saturated carbocycles. The van der Waals surface area contributed by atoms with Gasteiger partial charge in [0.2, 0.25) is 0 Å². The smallest absolute Gasteiger partial charge is 0.308 e. The zero-order valence-corrected chi connectivity index (χ0v) is 11.9. The highest BCUT2D eigenvalue weighted by Gasteiger charge is 2.08. The number of anilines is 2. The molecule has 0 unspecified atom stereocenters. The minimum atomic E-state index is -0.425. The first-order valence-electron chi connectivity index (χ1n) is 5.34. The standard InChI is InChI=1S/C13H9Cl3N2O/c14-8-3-1-4-9(7-8)17-13(19)18-11-6-2-5-10(15)12(11)16/h1-7H,(H2,17,18,19). The molecule has 2 rings (SSSR count). The lowest BCUT2D eigenvalue weighted by molar-refractivity contribution is 0.262. The van der Waals surface area contributed by atoms with E-state index >= 15 is 0 Å². The van der Waals surface area contributed by atoms with Crippen molar-refractivity contribution in [1.82, 2.24) is 0 Å². The summed E-state index contributed by atoms with van der Waals surface area (Å²) in [6.45, 7) is 0. The molecule has 0 aliphatic heterocycles. The van der Waals surface area contributed by atoms with Crippen LogP contribution in [-0.4, -0.2) is 6.03 Å². The first kappa shape index (κ1) is 14.0. The Morgan fingerprint density at radius 3 is 2.42 bits per heavy atom. The summed E-state index contributed by atoms with van der Waals surface area (Å²) < 4.78 is 0. The van der Waals surface area contributed by atoms with Crippen LogP contribution in [0.1, 0.15) is 0 Å². The van der Waals surface area contributed by atoms with Crippen LogP contribution in [0.4, 0.5) is 16.2 Å². The molecule has 6 heteroatoms. The Hall–Kier alpha value is -1.42. The fraction of sp³-hybridized carbons (Fsp3) is 0. The summed E-state index contributed by atoms with van der Waals surface area (Å²) in [4.78, 5) is 11.8. The second-order valence-electron chi connectivity index (χ2n) is 3.69. The summed E-state index contributed by atoms with van der Waals surface area (Å²) in [6, 6.07) is 11.4. The Labute approximate surface area is 125 Å². The minimum absolute atomic E-state index is 0.297. The molecule has 19 heavy (non-hydrogen) atoms. The van der Waals surface area contributed by atoms with Crippen LogP contribution in [0, 0.1) is 0 Å². The number of amides is 2. The predicted molar refractivity (Wildman–Crippen MR) is 80.6 cm³/mol. The predicted octanol–water partition coefficient (Wildman–Crippen LogP) is 5.29. The van der Waals surface area contributed by atoms with Crippen molar-refractivity contribution in [1.29, 1.82) is 0 Å². The number of halogens is 3. The summed E-state index contributed by atoms with van der Waals surface area (Å²) in [5.74, 6) is 0. The number of carbonyl (C=O) groups excluding carboxylic acids is 1.